The summed E-state index contributed by atoms with van der Waals surface area (Å²) in [6.45, 7) is 0.756. The molecule has 2 rings (SSSR count). The highest BCUT2D eigenvalue weighted by atomic mass is 35.5. The second-order valence-electron chi connectivity index (χ2n) is 4.81. The van der Waals surface area contributed by atoms with Crippen molar-refractivity contribution in [3.05, 3.63) is 28.8 Å². The molecule has 0 saturated carbocycles. The molecule has 1 aromatic carbocycles. The molecule has 116 valence electrons. The quantitative estimate of drug-likeness (QED) is 0.847. The summed E-state index contributed by atoms with van der Waals surface area (Å²) in [6, 6.07) is 3.75. The molecule has 6 nitrogen and oxygen atoms in total. The van der Waals surface area contributed by atoms with Crippen molar-refractivity contribution < 1.29 is 17.9 Å². The summed E-state index contributed by atoms with van der Waals surface area (Å²) < 4.78 is 29.1. The first-order valence-corrected chi connectivity index (χ1v) is 8.41. The summed E-state index contributed by atoms with van der Waals surface area (Å²) in [5.41, 5.74) is 0.562. The first kappa shape index (κ1) is 16.1. The Balaban J connectivity index is 2.22. The fraction of sp³-hybridized carbons (Fsp3) is 0.462. The molecular weight excluding hydrogens is 316 g/mol. The lowest BCUT2D eigenvalue weighted by Gasteiger charge is -2.24. The Morgan fingerprint density at radius 3 is 2.90 bits per heavy atom. The van der Waals surface area contributed by atoms with Gasteiger partial charge in [-0.2, -0.15) is 0 Å². The highest BCUT2D eigenvalue weighted by Gasteiger charge is 2.38. The van der Waals surface area contributed by atoms with Crippen LogP contribution < -0.4 is 5.32 Å². The van der Waals surface area contributed by atoms with E-state index in [4.69, 9.17) is 16.3 Å². The van der Waals surface area contributed by atoms with Gasteiger partial charge in [-0.25, -0.2) is 13.2 Å². The van der Waals surface area contributed by atoms with Gasteiger partial charge >= 0.3 is 6.03 Å². The number of hydrogen-bond acceptors (Lipinski definition) is 4. The molecular formula is C13H17ClN2O4S. The molecule has 0 fully saturated rings. The van der Waals surface area contributed by atoms with E-state index in [1.165, 1.54) is 18.1 Å². The predicted molar refractivity (Wildman–Crippen MR) is 79.3 cm³/mol. The van der Waals surface area contributed by atoms with E-state index in [0.29, 0.717) is 23.7 Å². The van der Waals surface area contributed by atoms with Crippen LogP contribution in [0.5, 0.6) is 0 Å². The molecule has 0 radical (unpaired) electrons. The lowest BCUT2D eigenvalue weighted by Crippen LogP contribution is -2.41. The summed E-state index contributed by atoms with van der Waals surface area (Å²) in [5.74, 6) is -0.128. The molecule has 0 saturated heterocycles. The van der Waals surface area contributed by atoms with Crippen LogP contribution in [-0.2, 0) is 14.6 Å². The first-order chi connectivity index (χ1) is 9.86. The Hall–Kier alpha value is -1.31. The molecule has 2 amide bonds. The van der Waals surface area contributed by atoms with Gasteiger partial charge in [0.2, 0.25) is 0 Å². The number of fused-ring (bicyclic) bond motifs is 1. The Bertz CT molecular complexity index is 648. The van der Waals surface area contributed by atoms with E-state index < -0.39 is 15.9 Å². The number of ether oxygens (including phenoxy) is 1. The number of nitrogens with one attached hydrogen (secondary N) is 1. The number of sulfone groups is 1. The number of amides is 2. The summed E-state index contributed by atoms with van der Waals surface area (Å²) in [6.07, 6.45) is 0. The molecule has 0 aliphatic carbocycles. The van der Waals surface area contributed by atoms with Crippen molar-refractivity contribution in [1.29, 1.82) is 0 Å². The average molecular weight is 333 g/mol. The van der Waals surface area contributed by atoms with Crippen LogP contribution in [0.4, 0.5) is 4.79 Å². The third kappa shape index (κ3) is 3.30. The zero-order valence-electron chi connectivity index (χ0n) is 11.8. The van der Waals surface area contributed by atoms with Gasteiger partial charge in [-0.05, 0) is 23.8 Å². The smallest absolute Gasteiger partial charge is 0.317 e. The third-order valence-corrected chi connectivity index (χ3v) is 5.45. The standard InChI is InChI=1S/C13H17ClN2O4S/c1-16(13(17)15-5-6-20-2)11-8-21(18,19)12-4-3-9(14)7-10(11)12/h3-4,7,11H,5-6,8H2,1-2H3,(H,15,17)/t11-/m1/s1. The maximum Gasteiger partial charge on any atom is 0.317 e. The van der Waals surface area contributed by atoms with Gasteiger partial charge in [0.25, 0.3) is 0 Å². The minimum atomic E-state index is -3.38. The van der Waals surface area contributed by atoms with Crippen LogP contribution >= 0.6 is 11.6 Å². The molecule has 1 heterocycles. The van der Waals surface area contributed by atoms with Gasteiger partial charge < -0.3 is 15.0 Å². The van der Waals surface area contributed by atoms with E-state index in [0.717, 1.165) is 0 Å². The molecule has 1 atom stereocenters. The monoisotopic (exact) mass is 332 g/mol. The molecule has 0 aromatic heterocycles. The van der Waals surface area contributed by atoms with Gasteiger partial charge in [-0.3, -0.25) is 0 Å². The zero-order chi connectivity index (χ0) is 15.6. The van der Waals surface area contributed by atoms with Crippen LogP contribution in [0.2, 0.25) is 5.02 Å². The van der Waals surface area contributed by atoms with Crippen LogP contribution in [0.15, 0.2) is 23.1 Å². The molecule has 0 spiro atoms. The van der Waals surface area contributed by atoms with Crippen LogP contribution in [0.25, 0.3) is 0 Å². The molecule has 1 aliphatic rings. The first-order valence-electron chi connectivity index (χ1n) is 6.38. The average Bonchev–Trinajstić information content (AvgIpc) is 2.69. The van der Waals surface area contributed by atoms with Crippen molar-refractivity contribution in [2.75, 3.05) is 33.1 Å². The maximum atomic E-state index is 12.1. The molecule has 21 heavy (non-hydrogen) atoms. The molecule has 8 heteroatoms. The van der Waals surface area contributed by atoms with Crippen molar-refractivity contribution in [2.24, 2.45) is 0 Å². The van der Waals surface area contributed by atoms with Crippen molar-refractivity contribution >= 4 is 27.5 Å². The van der Waals surface area contributed by atoms with Crippen molar-refractivity contribution in [1.82, 2.24) is 10.2 Å². The Labute approximate surface area is 128 Å². The normalized spacial score (nSPS) is 19.1. The number of nitrogens with zero attached hydrogens (tertiary/aromatic N) is 1. The Kier molecular flexibility index (Phi) is 4.75. The lowest BCUT2D eigenvalue weighted by atomic mass is 10.1. The van der Waals surface area contributed by atoms with Crippen LogP contribution in [0, 0.1) is 0 Å². The van der Waals surface area contributed by atoms with Crippen LogP contribution in [-0.4, -0.2) is 52.4 Å². The molecule has 0 bridgehead atoms. The number of rotatable bonds is 4. The van der Waals surface area contributed by atoms with Crippen molar-refractivity contribution in [3.63, 3.8) is 0 Å². The van der Waals surface area contributed by atoms with E-state index in [1.54, 1.807) is 19.2 Å². The Morgan fingerprint density at radius 1 is 1.52 bits per heavy atom. The van der Waals surface area contributed by atoms with Gasteiger partial charge in [-0.15, -0.1) is 0 Å². The SMILES string of the molecule is COCCNC(=O)N(C)[C@@H]1CS(=O)(=O)c2ccc(Cl)cc21. The summed E-state index contributed by atoms with van der Waals surface area (Å²) in [4.78, 5) is 13.7. The number of carbonyl (C=O) groups is 1. The van der Waals surface area contributed by atoms with E-state index in [2.05, 4.69) is 5.32 Å². The van der Waals surface area contributed by atoms with E-state index in [-0.39, 0.29) is 16.7 Å². The van der Waals surface area contributed by atoms with E-state index >= 15 is 0 Å². The van der Waals surface area contributed by atoms with Crippen LogP contribution in [0.1, 0.15) is 11.6 Å². The lowest BCUT2D eigenvalue weighted by molar-refractivity contribution is 0.178. The predicted octanol–water partition coefficient (Wildman–Crippen LogP) is 1.46. The van der Waals surface area contributed by atoms with Crippen molar-refractivity contribution in [2.45, 2.75) is 10.9 Å². The molecule has 0 unspecified atom stereocenters. The zero-order valence-corrected chi connectivity index (χ0v) is 13.4. The topological polar surface area (TPSA) is 75.7 Å². The minimum Gasteiger partial charge on any atom is -0.383 e. The number of halogens is 1. The largest absolute Gasteiger partial charge is 0.383 e. The number of benzene rings is 1. The highest BCUT2D eigenvalue weighted by Crippen LogP contribution is 2.37. The molecule has 1 aliphatic heterocycles. The second kappa shape index (κ2) is 6.21. The van der Waals surface area contributed by atoms with Crippen LogP contribution in [0.3, 0.4) is 0 Å². The number of carbonyl (C=O) groups excluding carboxylic acids is 1. The number of hydrogen-bond donors (Lipinski definition) is 1. The fourth-order valence-electron chi connectivity index (χ4n) is 2.30. The molecule has 1 N–H and O–H groups in total. The van der Waals surface area contributed by atoms with Gasteiger partial charge in [0.15, 0.2) is 9.84 Å². The van der Waals surface area contributed by atoms with Gasteiger partial charge in [0, 0.05) is 25.7 Å². The summed E-state index contributed by atoms with van der Waals surface area (Å²) >= 11 is 5.94. The van der Waals surface area contributed by atoms with Gasteiger partial charge in [0.1, 0.15) is 0 Å². The summed E-state index contributed by atoms with van der Waals surface area (Å²) in [5, 5.41) is 3.12. The summed E-state index contributed by atoms with van der Waals surface area (Å²) in [7, 11) is -0.273. The maximum absolute atomic E-state index is 12.1. The fourth-order valence-corrected chi connectivity index (χ4v) is 4.31. The van der Waals surface area contributed by atoms with Gasteiger partial charge in [0.05, 0.1) is 23.3 Å². The second-order valence-corrected chi connectivity index (χ2v) is 7.25. The van der Waals surface area contributed by atoms with Gasteiger partial charge in [-0.1, -0.05) is 11.6 Å². The minimum absolute atomic E-state index is 0.128. The number of urea groups is 1. The highest BCUT2D eigenvalue weighted by molar-refractivity contribution is 7.91. The Morgan fingerprint density at radius 2 is 2.24 bits per heavy atom. The van der Waals surface area contributed by atoms with E-state index in [9.17, 15) is 13.2 Å². The molecule has 1 aromatic rings. The number of methoxy groups -OCH3 is 1. The third-order valence-electron chi connectivity index (χ3n) is 3.41. The van der Waals surface area contributed by atoms with E-state index in [1.807, 2.05) is 0 Å². The van der Waals surface area contributed by atoms with Crippen molar-refractivity contribution in [3.8, 4) is 0 Å².